The van der Waals surface area contributed by atoms with Crippen molar-refractivity contribution in [3.05, 3.63) is 34.9 Å². The van der Waals surface area contributed by atoms with Gasteiger partial charge in [0.05, 0.1) is 5.75 Å². The maximum absolute atomic E-state index is 11.6. The molecule has 0 bridgehead atoms. The maximum atomic E-state index is 11.6. The van der Waals surface area contributed by atoms with E-state index in [2.05, 4.69) is 0 Å². The molecule has 1 aromatic rings. The number of nitrogens with one attached hydrogen (secondary N) is 1. The quantitative estimate of drug-likeness (QED) is 0.848. The van der Waals surface area contributed by atoms with Crippen molar-refractivity contribution in [2.75, 3.05) is 0 Å². The highest BCUT2D eigenvalue weighted by atomic mass is 35.5. The Balaban J connectivity index is 2.81. The summed E-state index contributed by atoms with van der Waals surface area (Å²) in [6, 6.07) is 5.34. The summed E-state index contributed by atoms with van der Waals surface area (Å²) < 4.78 is 25.3. The van der Waals surface area contributed by atoms with E-state index in [1.807, 2.05) is 4.72 Å². The minimum absolute atomic E-state index is 0.334. The zero-order valence-electron chi connectivity index (χ0n) is 9.05. The van der Waals surface area contributed by atoms with Crippen molar-refractivity contribution in [3.8, 4) is 0 Å². The van der Waals surface area contributed by atoms with Crippen molar-refractivity contribution in [3.63, 3.8) is 0 Å². The van der Waals surface area contributed by atoms with E-state index < -0.39 is 22.0 Å². The fraction of sp³-hybridized carbons (Fsp3) is 0.300. The van der Waals surface area contributed by atoms with Crippen molar-refractivity contribution in [1.82, 2.24) is 4.72 Å². The van der Waals surface area contributed by atoms with Gasteiger partial charge in [0.15, 0.2) is 0 Å². The summed E-state index contributed by atoms with van der Waals surface area (Å²) in [5, 5.41) is 8.95. The first kappa shape index (κ1) is 14.0. The van der Waals surface area contributed by atoms with E-state index in [1.165, 1.54) is 6.92 Å². The minimum Gasteiger partial charge on any atom is -0.480 e. The largest absolute Gasteiger partial charge is 0.480 e. The lowest BCUT2D eigenvalue weighted by Crippen LogP contribution is -2.38. The second-order valence-corrected chi connectivity index (χ2v) is 5.69. The molecule has 94 valence electrons. The second kappa shape index (κ2) is 5.48. The van der Waals surface area contributed by atoms with E-state index in [9.17, 15) is 13.2 Å². The van der Waals surface area contributed by atoms with Crippen LogP contribution in [0.15, 0.2) is 24.3 Å². The van der Waals surface area contributed by atoms with Crippen LogP contribution in [0.25, 0.3) is 0 Å². The van der Waals surface area contributed by atoms with Gasteiger partial charge in [-0.3, -0.25) is 4.79 Å². The van der Waals surface area contributed by atoms with Crippen LogP contribution >= 0.6 is 11.6 Å². The number of benzene rings is 1. The Morgan fingerprint density at radius 3 is 2.59 bits per heavy atom. The molecule has 0 fully saturated rings. The smallest absolute Gasteiger partial charge is 0.321 e. The second-order valence-electron chi connectivity index (χ2n) is 3.53. The predicted molar refractivity (Wildman–Crippen MR) is 64.3 cm³/mol. The highest BCUT2D eigenvalue weighted by molar-refractivity contribution is 7.88. The molecule has 5 nitrogen and oxygen atoms in total. The third kappa shape index (κ3) is 4.33. The molecule has 2 N–H and O–H groups in total. The molecule has 0 heterocycles. The van der Waals surface area contributed by atoms with Gasteiger partial charge in [0.1, 0.15) is 6.04 Å². The SMILES string of the molecule is CC(NS(=O)(=O)Cc1ccccc1Cl)C(=O)O. The van der Waals surface area contributed by atoms with Crippen molar-refractivity contribution >= 4 is 27.6 Å². The van der Waals surface area contributed by atoms with Crippen LogP contribution in [-0.4, -0.2) is 25.5 Å². The first-order valence-electron chi connectivity index (χ1n) is 4.78. The lowest BCUT2D eigenvalue weighted by Gasteiger charge is -2.10. The van der Waals surface area contributed by atoms with Crippen LogP contribution < -0.4 is 4.72 Å². The maximum Gasteiger partial charge on any atom is 0.321 e. The number of hydrogen-bond acceptors (Lipinski definition) is 3. The van der Waals surface area contributed by atoms with Crippen molar-refractivity contribution < 1.29 is 18.3 Å². The summed E-state index contributed by atoms with van der Waals surface area (Å²) >= 11 is 5.82. The topological polar surface area (TPSA) is 83.5 Å². The molecule has 17 heavy (non-hydrogen) atoms. The van der Waals surface area contributed by atoms with Crippen LogP contribution in [-0.2, 0) is 20.6 Å². The van der Waals surface area contributed by atoms with Crippen molar-refractivity contribution in [2.24, 2.45) is 0 Å². The van der Waals surface area contributed by atoms with Gasteiger partial charge in [-0.25, -0.2) is 13.1 Å². The lowest BCUT2D eigenvalue weighted by molar-refractivity contribution is -0.138. The fourth-order valence-electron chi connectivity index (χ4n) is 1.18. The molecule has 0 aromatic heterocycles. The van der Waals surface area contributed by atoms with Gasteiger partial charge in [0.25, 0.3) is 0 Å². The van der Waals surface area contributed by atoms with Crippen molar-refractivity contribution in [1.29, 1.82) is 0 Å². The number of carboxylic acid groups (broad SMARTS) is 1. The summed E-state index contributed by atoms with van der Waals surface area (Å²) in [6.45, 7) is 1.26. The minimum atomic E-state index is -3.72. The molecule has 0 saturated carbocycles. The molecule has 1 atom stereocenters. The zero-order chi connectivity index (χ0) is 13.1. The molecule has 1 aromatic carbocycles. The normalized spacial score (nSPS) is 13.3. The van der Waals surface area contributed by atoms with Crippen LogP contribution in [0.5, 0.6) is 0 Å². The first-order valence-corrected chi connectivity index (χ1v) is 6.81. The molecule has 1 rings (SSSR count). The van der Waals surface area contributed by atoms with Crippen LogP contribution in [0.3, 0.4) is 0 Å². The van der Waals surface area contributed by atoms with E-state index in [4.69, 9.17) is 16.7 Å². The van der Waals surface area contributed by atoms with Gasteiger partial charge < -0.3 is 5.11 Å². The number of hydrogen-bond donors (Lipinski definition) is 2. The molecule has 0 aliphatic rings. The Labute approximate surface area is 104 Å². The van der Waals surface area contributed by atoms with Gasteiger partial charge in [0, 0.05) is 5.02 Å². The van der Waals surface area contributed by atoms with Crippen LogP contribution in [0.1, 0.15) is 12.5 Å². The molecular formula is C10H12ClNO4S. The predicted octanol–water partition coefficient (Wildman–Crippen LogP) is 1.23. The van der Waals surface area contributed by atoms with Crippen molar-refractivity contribution in [2.45, 2.75) is 18.7 Å². The molecular weight excluding hydrogens is 266 g/mol. The van der Waals surface area contributed by atoms with E-state index in [0.29, 0.717) is 10.6 Å². The van der Waals surface area contributed by atoms with E-state index >= 15 is 0 Å². The number of carboxylic acids is 1. The van der Waals surface area contributed by atoms with Gasteiger partial charge in [-0.2, -0.15) is 0 Å². The molecule has 0 aliphatic heterocycles. The first-order chi connectivity index (χ1) is 7.82. The van der Waals surface area contributed by atoms with Crippen LogP contribution in [0.2, 0.25) is 5.02 Å². The standard InChI is InChI=1S/C10H12ClNO4S/c1-7(10(13)14)12-17(15,16)6-8-4-2-3-5-9(8)11/h2-5,7,12H,6H2,1H3,(H,13,14). The average molecular weight is 278 g/mol. The Morgan fingerprint density at radius 1 is 1.47 bits per heavy atom. The number of rotatable bonds is 5. The molecule has 0 saturated heterocycles. The molecule has 0 amide bonds. The number of carbonyl (C=O) groups is 1. The Bertz CT molecular complexity index is 515. The third-order valence-corrected chi connectivity index (χ3v) is 3.80. The van der Waals surface area contributed by atoms with Gasteiger partial charge in [-0.15, -0.1) is 0 Å². The Morgan fingerprint density at radius 2 is 2.06 bits per heavy atom. The van der Waals surface area contributed by atoms with Crippen LogP contribution in [0, 0.1) is 0 Å². The van der Waals surface area contributed by atoms with E-state index in [0.717, 1.165) is 0 Å². The van der Waals surface area contributed by atoms with Gasteiger partial charge in [0.2, 0.25) is 10.0 Å². The molecule has 0 aliphatic carbocycles. The highest BCUT2D eigenvalue weighted by Crippen LogP contribution is 2.17. The number of sulfonamides is 1. The Kier molecular flexibility index (Phi) is 4.50. The summed E-state index contributed by atoms with van der Waals surface area (Å²) in [7, 11) is -3.72. The fourth-order valence-corrected chi connectivity index (χ4v) is 2.85. The monoisotopic (exact) mass is 277 g/mol. The van der Waals surface area contributed by atoms with E-state index in [-0.39, 0.29) is 5.75 Å². The summed E-state index contributed by atoms with van der Waals surface area (Å²) in [5.41, 5.74) is 0.430. The molecule has 0 spiro atoms. The van der Waals surface area contributed by atoms with Crippen LogP contribution in [0.4, 0.5) is 0 Å². The number of halogens is 1. The molecule has 0 radical (unpaired) electrons. The zero-order valence-corrected chi connectivity index (χ0v) is 10.6. The third-order valence-electron chi connectivity index (χ3n) is 2.03. The van der Waals surface area contributed by atoms with Gasteiger partial charge >= 0.3 is 5.97 Å². The lowest BCUT2D eigenvalue weighted by atomic mass is 10.2. The number of aliphatic carboxylic acids is 1. The average Bonchev–Trinajstić information content (AvgIpc) is 2.20. The van der Waals surface area contributed by atoms with E-state index in [1.54, 1.807) is 24.3 Å². The van der Waals surface area contributed by atoms with Gasteiger partial charge in [-0.1, -0.05) is 29.8 Å². The summed E-state index contributed by atoms with van der Waals surface area (Å²) in [6.07, 6.45) is 0. The summed E-state index contributed by atoms with van der Waals surface area (Å²) in [4.78, 5) is 10.5. The Hall–Kier alpha value is -1.11. The van der Waals surface area contributed by atoms with Gasteiger partial charge in [-0.05, 0) is 18.6 Å². The highest BCUT2D eigenvalue weighted by Gasteiger charge is 2.20. The molecule has 1 unspecified atom stereocenters. The molecule has 7 heteroatoms. The summed E-state index contributed by atoms with van der Waals surface area (Å²) in [5.74, 6) is -1.57.